The second kappa shape index (κ2) is 4.67. The van der Waals surface area contributed by atoms with E-state index in [4.69, 9.17) is 0 Å². The monoisotopic (exact) mass is 201 g/mol. The fourth-order valence-electron chi connectivity index (χ4n) is 2.43. The van der Waals surface area contributed by atoms with Crippen LogP contribution in [0.1, 0.15) is 25.7 Å². The summed E-state index contributed by atoms with van der Waals surface area (Å²) in [5.41, 5.74) is 0. The molecular formula is C10H19NOS. The third-order valence-corrected chi connectivity index (χ3v) is 4.15. The van der Waals surface area contributed by atoms with Gasteiger partial charge in [0.25, 0.3) is 0 Å². The molecule has 2 atom stereocenters. The summed E-state index contributed by atoms with van der Waals surface area (Å²) in [5.74, 6) is 2.51. The Morgan fingerprint density at radius 3 is 2.46 bits per heavy atom. The van der Waals surface area contributed by atoms with E-state index in [9.17, 15) is 5.11 Å². The molecule has 0 aromatic carbocycles. The van der Waals surface area contributed by atoms with Gasteiger partial charge in [0.05, 0.1) is 6.10 Å². The summed E-state index contributed by atoms with van der Waals surface area (Å²) < 4.78 is 0. The molecule has 0 aromatic rings. The van der Waals surface area contributed by atoms with E-state index in [0.717, 1.165) is 6.42 Å². The maximum atomic E-state index is 9.87. The molecular weight excluding hydrogens is 182 g/mol. The van der Waals surface area contributed by atoms with Gasteiger partial charge in [-0.25, -0.2) is 0 Å². The normalized spacial score (nSPS) is 37.6. The number of aliphatic hydroxyl groups excluding tert-OH is 1. The summed E-state index contributed by atoms with van der Waals surface area (Å²) in [5, 5.41) is 9.87. The Bertz CT molecular complexity index is 159. The van der Waals surface area contributed by atoms with Gasteiger partial charge in [-0.15, -0.1) is 0 Å². The Labute approximate surface area is 84.7 Å². The minimum absolute atomic E-state index is 0.0446. The number of aliphatic hydroxyl groups is 1. The van der Waals surface area contributed by atoms with Crippen LogP contribution in [0, 0.1) is 0 Å². The van der Waals surface area contributed by atoms with E-state index in [0.29, 0.717) is 6.04 Å². The number of hydrogen-bond donors (Lipinski definition) is 1. The fraction of sp³-hybridized carbons (Fsp3) is 1.00. The third kappa shape index (κ3) is 2.39. The van der Waals surface area contributed by atoms with Crippen LogP contribution in [0.25, 0.3) is 0 Å². The van der Waals surface area contributed by atoms with Crippen molar-refractivity contribution in [2.75, 3.05) is 24.6 Å². The second-order valence-electron chi connectivity index (χ2n) is 4.07. The Balaban J connectivity index is 1.88. The zero-order chi connectivity index (χ0) is 9.10. The zero-order valence-corrected chi connectivity index (χ0v) is 8.93. The first-order valence-corrected chi connectivity index (χ1v) is 6.53. The molecule has 1 N–H and O–H groups in total. The highest BCUT2D eigenvalue weighted by atomic mass is 32.2. The van der Waals surface area contributed by atoms with Gasteiger partial charge in [-0.1, -0.05) is 12.8 Å². The van der Waals surface area contributed by atoms with Crippen LogP contribution in [0.3, 0.4) is 0 Å². The molecule has 2 unspecified atom stereocenters. The summed E-state index contributed by atoms with van der Waals surface area (Å²) in [7, 11) is 0. The van der Waals surface area contributed by atoms with Gasteiger partial charge in [0.1, 0.15) is 0 Å². The quantitative estimate of drug-likeness (QED) is 0.692. The lowest BCUT2D eigenvalue weighted by Gasteiger charge is -2.39. The lowest BCUT2D eigenvalue weighted by atomic mass is 9.91. The molecule has 76 valence electrons. The van der Waals surface area contributed by atoms with E-state index in [1.807, 2.05) is 11.8 Å². The standard InChI is InChI=1S/C10H19NOS/c12-10-4-2-1-3-9(10)11-5-7-13-8-6-11/h9-10,12H,1-8H2. The van der Waals surface area contributed by atoms with Crippen molar-refractivity contribution in [3.8, 4) is 0 Å². The molecule has 1 aliphatic heterocycles. The van der Waals surface area contributed by atoms with Crippen LogP contribution in [-0.2, 0) is 0 Å². The number of nitrogens with zero attached hydrogens (tertiary/aromatic N) is 1. The molecule has 2 aliphatic rings. The Morgan fingerprint density at radius 1 is 1.08 bits per heavy atom. The smallest absolute Gasteiger partial charge is 0.0695 e. The van der Waals surface area contributed by atoms with E-state index in [1.165, 1.54) is 43.9 Å². The van der Waals surface area contributed by atoms with Crippen molar-refractivity contribution in [1.29, 1.82) is 0 Å². The summed E-state index contributed by atoms with van der Waals surface area (Å²) in [6.45, 7) is 2.37. The van der Waals surface area contributed by atoms with Gasteiger partial charge < -0.3 is 5.11 Å². The Hall–Kier alpha value is 0.270. The second-order valence-corrected chi connectivity index (χ2v) is 5.29. The van der Waals surface area contributed by atoms with Gasteiger partial charge in [0.15, 0.2) is 0 Å². The Kier molecular flexibility index (Phi) is 3.52. The van der Waals surface area contributed by atoms with Crippen molar-refractivity contribution in [1.82, 2.24) is 4.90 Å². The lowest BCUT2D eigenvalue weighted by molar-refractivity contribution is 0.0245. The van der Waals surface area contributed by atoms with Crippen LogP contribution in [0.5, 0.6) is 0 Å². The number of rotatable bonds is 1. The summed E-state index contributed by atoms with van der Waals surface area (Å²) in [6, 6.07) is 0.481. The first kappa shape index (κ1) is 9.81. The largest absolute Gasteiger partial charge is 0.391 e. The molecule has 13 heavy (non-hydrogen) atoms. The van der Waals surface area contributed by atoms with E-state index in [2.05, 4.69) is 4.90 Å². The SMILES string of the molecule is OC1CCCCC1N1CCSCC1. The van der Waals surface area contributed by atoms with Gasteiger partial charge in [0, 0.05) is 30.6 Å². The van der Waals surface area contributed by atoms with Crippen LogP contribution in [0.15, 0.2) is 0 Å². The number of hydrogen-bond acceptors (Lipinski definition) is 3. The molecule has 2 rings (SSSR count). The molecule has 3 heteroatoms. The molecule has 1 saturated carbocycles. The maximum Gasteiger partial charge on any atom is 0.0695 e. The van der Waals surface area contributed by atoms with Crippen molar-refractivity contribution in [2.24, 2.45) is 0 Å². The van der Waals surface area contributed by atoms with Gasteiger partial charge >= 0.3 is 0 Å². The molecule has 0 aromatic heterocycles. The third-order valence-electron chi connectivity index (χ3n) is 3.21. The van der Waals surface area contributed by atoms with Crippen molar-refractivity contribution in [3.63, 3.8) is 0 Å². The summed E-state index contributed by atoms with van der Waals surface area (Å²) >= 11 is 2.04. The summed E-state index contributed by atoms with van der Waals surface area (Å²) in [4.78, 5) is 2.50. The predicted octanol–water partition coefficient (Wildman–Crippen LogP) is 1.34. The van der Waals surface area contributed by atoms with Crippen molar-refractivity contribution in [3.05, 3.63) is 0 Å². The molecule has 2 fully saturated rings. The van der Waals surface area contributed by atoms with Crippen LogP contribution in [0.2, 0.25) is 0 Å². The highest BCUT2D eigenvalue weighted by Crippen LogP contribution is 2.25. The molecule has 1 heterocycles. The molecule has 0 radical (unpaired) electrons. The summed E-state index contributed by atoms with van der Waals surface area (Å²) in [6.07, 6.45) is 4.73. The maximum absolute atomic E-state index is 9.87. The van der Waals surface area contributed by atoms with Crippen LogP contribution in [-0.4, -0.2) is 46.7 Å². The molecule has 0 spiro atoms. The topological polar surface area (TPSA) is 23.5 Å². The molecule has 0 bridgehead atoms. The Morgan fingerprint density at radius 2 is 1.77 bits per heavy atom. The van der Waals surface area contributed by atoms with E-state index < -0.39 is 0 Å². The highest BCUT2D eigenvalue weighted by molar-refractivity contribution is 7.99. The van der Waals surface area contributed by atoms with E-state index in [1.54, 1.807) is 0 Å². The van der Waals surface area contributed by atoms with Crippen molar-refractivity contribution in [2.45, 2.75) is 37.8 Å². The molecule has 0 amide bonds. The van der Waals surface area contributed by atoms with Crippen LogP contribution < -0.4 is 0 Å². The minimum atomic E-state index is -0.0446. The van der Waals surface area contributed by atoms with Crippen LogP contribution in [0.4, 0.5) is 0 Å². The van der Waals surface area contributed by atoms with Gasteiger partial charge in [-0.2, -0.15) is 11.8 Å². The van der Waals surface area contributed by atoms with Gasteiger partial charge in [0.2, 0.25) is 0 Å². The highest BCUT2D eigenvalue weighted by Gasteiger charge is 2.29. The predicted molar refractivity (Wildman–Crippen MR) is 57.2 cm³/mol. The average molecular weight is 201 g/mol. The molecule has 2 nitrogen and oxygen atoms in total. The zero-order valence-electron chi connectivity index (χ0n) is 8.11. The lowest BCUT2D eigenvalue weighted by Crippen LogP contribution is -2.48. The minimum Gasteiger partial charge on any atom is -0.391 e. The van der Waals surface area contributed by atoms with Gasteiger partial charge in [-0.05, 0) is 12.8 Å². The number of thioether (sulfide) groups is 1. The fourth-order valence-corrected chi connectivity index (χ4v) is 3.36. The van der Waals surface area contributed by atoms with E-state index in [-0.39, 0.29) is 6.10 Å². The van der Waals surface area contributed by atoms with Crippen molar-refractivity contribution < 1.29 is 5.11 Å². The van der Waals surface area contributed by atoms with Crippen LogP contribution >= 0.6 is 11.8 Å². The molecule has 1 aliphatic carbocycles. The van der Waals surface area contributed by atoms with E-state index >= 15 is 0 Å². The first-order valence-electron chi connectivity index (χ1n) is 5.38. The van der Waals surface area contributed by atoms with Crippen molar-refractivity contribution >= 4 is 11.8 Å². The average Bonchev–Trinajstić information content (AvgIpc) is 2.20. The first-order chi connectivity index (χ1) is 6.38. The molecule has 1 saturated heterocycles. The van der Waals surface area contributed by atoms with Gasteiger partial charge in [-0.3, -0.25) is 4.90 Å².